The smallest absolute Gasteiger partial charge is 0.339 e. The van der Waals surface area contributed by atoms with Crippen molar-refractivity contribution in [3.63, 3.8) is 0 Å². The fourth-order valence-corrected chi connectivity index (χ4v) is 2.71. The van der Waals surface area contributed by atoms with Crippen molar-refractivity contribution in [3.8, 4) is 0 Å². The van der Waals surface area contributed by atoms with Crippen molar-refractivity contribution in [3.05, 3.63) is 59.8 Å². The van der Waals surface area contributed by atoms with Gasteiger partial charge in [0.25, 0.3) is 0 Å². The molecule has 0 aliphatic heterocycles. The lowest BCUT2D eigenvalue weighted by molar-refractivity contribution is 0.0525. The topological polar surface area (TPSA) is 82.8 Å². The summed E-state index contributed by atoms with van der Waals surface area (Å²) in [5.41, 5.74) is 1.53. The molecule has 0 radical (unpaired) electrons. The lowest BCUT2D eigenvalue weighted by Crippen LogP contribution is -2.05. The summed E-state index contributed by atoms with van der Waals surface area (Å²) in [5, 5.41) is 13.1. The maximum Gasteiger partial charge on any atom is 0.339 e. The van der Waals surface area contributed by atoms with Crippen molar-refractivity contribution < 1.29 is 9.53 Å². The molecule has 0 bridgehead atoms. The number of pyridine rings is 1. The standard InChI is InChI=1S/C16H15N5O2S/c1-2-23-15(22)13-8-9-14(17-10-13)24-16-18-19-20-21(16)11-12-6-4-3-5-7-12/h3-10H,2,11H2,1H3. The quantitative estimate of drug-likeness (QED) is 0.637. The van der Waals surface area contributed by atoms with E-state index in [1.54, 1.807) is 23.7 Å². The van der Waals surface area contributed by atoms with Crippen LogP contribution in [0.5, 0.6) is 0 Å². The van der Waals surface area contributed by atoms with E-state index in [9.17, 15) is 4.79 Å². The Morgan fingerprint density at radius 2 is 2.04 bits per heavy atom. The first kappa shape index (κ1) is 16.1. The van der Waals surface area contributed by atoms with E-state index in [-0.39, 0.29) is 5.97 Å². The zero-order valence-corrected chi connectivity index (χ0v) is 13.8. The molecule has 0 fully saturated rings. The van der Waals surface area contributed by atoms with Gasteiger partial charge in [-0.1, -0.05) is 30.3 Å². The van der Waals surface area contributed by atoms with Gasteiger partial charge in [0.1, 0.15) is 5.03 Å². The first-order valence-electron chi connectivity index (χ1n) is 7.37. The maximum atomic E-state index is 11.6. The Bertz CT molecular complexity index is 805. The number of hydrogen-bond acceptors (Lipinski definition) is 7. The van der Waals surface area contributed by atoms with Crippen molar-refractivity contribution in [1.82, 2.24) is 25.2 Å². The number of aromatic nitrogens is 5. The number of rotatable bonds is 6. The highest BCUT2D eigenvalue weighted by molar-refractivity contribution is 7.99. The van der Waals surface area contributed by atoms with Crippen molar-refractivity contribution in [2.45, 2.75) is 23.7 Å². The second-order valence-electron chi connectivity index (χ2n) is 4.81. The zero-order valence-electron chi connectivity index (χ0n) is 13.0. The van der Waals surface area contributed by atoms with Crippen LogP contribution in [0.4, 0.5) is 0 Å². The summed E-state index contributed by atoms with van der Waals surface area (Å²) in [7, 11) is 0. The molecule has 122 valence electrons. The summed E-state index contributed by atoms with van der Waals surface area (Å²) in [6.45, 7) is 2.68. The minimum Gasteiger partial charge on any atom is -0.462 e. The molecule has 2 aromatic heterocycles. The van der Waals surface area contributed by atoms with Gasteiger partial charge in [-0.15, -0.1) is 5.10 Å². The third-order valence-corrected chi connectivity index (χ3v) is 4.04. The van der Waals surface area contributed by atoms with Gasteiger partial charge in [0.05, 0.1) is 18.7 Å². The number of carbonyl (C=O) groups excluding carboxylic acids is 1. The van der Waals surface area contributed by atoms with Gasteiger partial charge >= 0.3 is 5.97 Å². The molecule has 1 aromatic carbocycles. The average molecular weight is 341 g/mol. The summed E-state index contributed by atoms with van der Waals surface area (Å²) < 4.78 is 6.65. The number of nitrogens with zero attached hydrogens (tertiary/aromatic N) is 5. The minimum absolute atomic E-state index is 0.337. The predicted molar refractivity (Wildman–Crippen MR) is 87.7 cm³/mol. The van der Waals surface area contributed by atoms with Gasteiger partial charge in [0, 0.05) is 6.20 Å². The molecule has 3 rings (SSSR count). The lowest BCUT2D eigenvalue weighted by Gasteiger charge is -2.05. The highest BCUT2D eigenvalue weighted by Gasteiger charge is 2.11. The van der Waals surface area contributed by atoms with Gasteiger partial charge in [-0.25, -0.2) is 14.5 Å². The highest BCUT2D eigenvalue weighted by Crippen LogP contribution is 2.23. The summed E-state index contributed by atoms with van der Waals surface area (Å²) in [5.74, 6) is -0.379. The Labute approximate surface area is 143 Å². The Kier molecular flexibility index (Phi) is 5.17. The molecule has 8 heteroatoms. The molecule has 0 amide bonds. The van der Waals surface area contributed by atoms with Crippen LogP contribution in [-0.2, 0) is 11.3 Å². The first-order chi connectivity index (χ1) is 11.8. The van der Waals surface area contributed by atoms with Crippen molar-refractivity contribution in [2.24, 2.45) is 0 Å². The molecule has 2 heterocycles. The third-order valence-electron chi connectivity index (χ3n) is 3.12. The predicted octanol–water partition coefficient (Wildman–Crippen LogP) is 2.44. The van der Waals surface area contributed by atoms with Crippen LogP contribution < -0.4 is 0 Å². The Morgan fingerprint density at radius 3 is 2.75 bits per heavy atom. The lowest BCUT2D eigenvalue weighted by atomic mass is 10.2. The van der Waals surface area contributed by atoms with Crippen LogP contribution in [0, 0.1) is 0 Å². The molecular weight excluding hydrogens is 326 g/mol. The monoisotopic (exact) mass is 341 g/mol. The van der Waals surface area contributed by atoms with Crippen LogP contribution in [0.2, 0.25) is 0 Å². The van der Waals surface area contributed by atoms with Gasteiger partial charge in [0.2, 0.25) is 5.16 Å². The zero-order chi connectivity index (χ0) is 16.8. The molecule has 0 spiro atoms. The summed E-state index contributed by atoms with van der Waals surface area (Å²) >= 11 is 1.34. The van der Waals surface area contributed by atoms with Crippen LogP contribution >= 0.6 is 11.8 Å². The number of carbonyl (C=O) groups is 1. The average Bonchev–Trinajstić information content (AvgIpc) is 3.03. The van der Waals surface area contributed by atoms with Gasteiger partial charge in [-0.3, -0.25) is 0 Å². The number of tetrazole rings is 1. The number of hydrogen-bond donors (Lipinski definition) is 0. The van der Waals surface area contributed by atoms with E-state index < -0.39 is 0 Å². The normalized spacial score (nSPS) is 10.5. The van der Waals surface area contributed by atoms with E-state index in [2.05, 4.69) is 20.5 Å². The van der Waals surface area contributed by atoms with E-state index in [0.717, 1.165) is 5.56 Å². The van der Waals surface area contributed by atoms with Crippen LogP contribution in [0.3, 0.4) is 0 Å². The van der Waals surface area contributed by atoms with E-state index >= 15 is 0 Å². The molecule has 0 atom stereocenters. The highest BCUT2D eigenvalue weighted by atomic mass is 32.2. The van der Waals surface area contributed by atoms with E-state index in [4.69, 9.17) is 4.74 Å². The minimum atomic E-state index is -0.379. The Balaban J connectivity index is 1.71. The Hall–Kier alpha value is -2.74. The molecule has 0 aliphatic carbocycles. The molecule has 0 saturated carbocycles. The summed E-state index contributed by atoms with van der Waals surface area (Å²) in [6.07, 6.45) is 1.49. The molecule has 7 nitrogen and oxygen atoms in total. The van der Waals surface area contributed by atoms with Crippen LogP contribution in [0.25, 0.3) is 0 Å². The SMILES string of the molecule is CCOC(=O)c1ccc(Sc2nnnn2Cc2ccccc2)nc1. The number of benzene rings is 1. The van der Waals surface area contributed by atoms with Crippen LogP contribution in [0.15, 0.2) is 58.8 Å². The number of ether oxygens (including phenoxy) is 1. The van der Waals surface area contributed by atoms with Gasteiger partial charge < -0.3 is 4.74 Å². The second-order valence-corrected chi connectivity index (χ2v) is 5.80. The van der Waals surface area contributed by atoms with Crippen molar-refractivity contribution in [2.75, 3.05) is 6.61 Å². The van der Waals surface area contributed by atoms with Crippen molar-refractivity contribution >= 4 is 17.7 Å². The molecule has 0 N–H and O–H groups in total. The molecular formula is C16H15N5O2S. The fourth-order valence-electron chi connectivity index (χ4n) is 1.99. The number of esters is 1. The Morgan fingerprint density at radius 1 is 1.21 bits per heavy atom. The summed E-state index contributed by atoms with van der Waals surface area (Å²) in [4.78, 5) is 15.9. The molecule has 0 aliphatic rings. The van der Waals surface area contributed by atoms with E-state index in [0.29, 0.717) is 28.9 Å². The molecule has 24 heavy (non-hydrogen) atoms. The van der Waals surface area contributed by atoms with E-state index in [1.165, 1.54) is 18.0 Å². The second kappa shape index (κ2) is 7.69. The van der Waals surface area contributed by atoms with Crippen LogP contribution in [-0.4, -0.2) is 37.8 Å². The van der Waals surface area contributed by atoms with Crippen LogP contribution in [0.1, 0.15) is 22.8 Å². The first-order valence-corrected chi connectivity index (χ1v) is 8.19. The van der Waals surface area contributed by atoms with Gasteiger partial charge in [0.15, 0.2) is 0 Å². The molecule has 0 unspecified atom stereocenters. The van der Waals surface area contributed by atoms with Gasteiger partial charge in [-0.2, -0.15) is 0 Å². The maximum absolute atomic E-state index is 11.6. The fraction of sp³-hybridized carbons (Fsp3) is 0.188. The summed E-state index contributed by atoms with van der Waals surface area (Å²) in [6, 6.07) is 13.4. The van der Waals surface area contributed by atoms with E-state index in [1.807, 2.05) is 30.3 Å². The molecule has 3 aromatic rings. The van der Waals surface area contributed by atoms with Gasteiger partial charge in [-0.05, 0) is 46.8 Å². The van der Waals surface area contributed by atoms with Crippen molar-refractivity contribution in [1.29, 1.82) is 0 Å². The molecule has 0 saturated heterocycles. The third kappa shape index (κ3) is 3.96. The largest absolute Gasteiger partial charge is 0.462 e.